The van der Waals surface area contributed by atoms with Crippen molar-refractivity contribution in [1.29, 1.82) is 0 Å². The number of nitrogens with zero attached hydrogens (tertiary/aromatic N) is 1. The molecule has 0 aliphatic rings. The SMILES string of the molecule is Fc1ccc(C=Cc2cc(Br)ncc2F)cc1. The third-order valence-electron chi connectivity index (χ3n) is 2.18. The maximum Gasteiger partial charge on any atom is 0.148 e. The summed E-state index contributed by atoms with van der Waals surface area (Å²) in [7, 11) is 0. The molecule has 0 fully saturated rings. The van der Waals surface area contributed by atoms with E-state index in [4.69, 9.17) is 0 Å². The summed E-state index contributed by atoms with van der Waals surface area (Å²) >= 11 is 3.17. The summed E-state index contributed by atoms with van der Waals surface area (Å²) in [5.74, 6) is -0.688. The Labute approximate surface area is 106 Å². The summed E-state index contributed by atoms with van der Waals surface area (Å²) in [4.78, 5) is 3.76. The molecule has 4 heteroatoms. The van der Waals surface area contributed by atoms with E-state index in [9.17, 15) is 8.78 Å². The Kier molecular flexibility index (Phi) is 3.64. The number of halogens is 3. The molecule has 0 atom stereocenters. The predicted molar refractivity (Wildman–Crippen MR) is 67.2 cm³/mol. The van der Waals surface area contributed by atoms with Gasteiger partial charge in [0.15, 0.2) is 0 Å². The average Bonchev–Trinajstić information content (AvgIpc) is 2.32. The first-order valence-corrected chi connectivity index (χ1v) is 5.69. The molecule has 1 nitrogen and oxygen atoms in total. The highest BCUT2D eigenvalue weighted by atomic mass is 79.9. The summed E-state index contributed by atoms with van der Waals surface area (Å²) in [5.41, 5.74) is 1.23. The van der Waals surface area contributed by atoms with Gasteiger partial charge in [0, 0.05) is 5.56 Å². The second kappa shape index (κ2) is 5.19. The van der Waals surface area contributed by atoms with Crippen LogP contribution in [0.4, 0.5) is 8.78 Å². The quantitative estimate of drug-likeness (QED) is 0.753. The van der Waals surface area contributed by atoms with Crippen molar-refractivity contribution in [3.8, 4) is 0 Å². The zero-order chi connectivity index (χ0) is 12.3. The van der Waals surface area contributed by atoms with E-state index in [2.05, 4.69) is 20.9 Å². The Balaban J connectivity index is 2.25. The Morgan fingerprint density at radius 1 is 1.06 bits per heavy atom. The maximum atomic E-state index is 13.3. The fourth-order valence-electron chi connectivity index (χ4n) is 1.32. The molecule has 0 amide bonds. The van der Waals surface area contributed by atoms with Crippen LogP contribution in [0.1, 0.15) is 11.1 Å². The first kappa shape index (κ1) is 11.9. The molecule has 0 aliphatic carbocycles. The molecule has 0 saturated carbocycles. The van der Waals surface area contributed by atoms with E-state index in [0.29, 0.717) is 10.2 Å². The van der Waals surface area contributed by atoms with Crippen LogP contribution >= 0.6 is 15.9 Å². The van der Waals surface area contributed by atoms with Gasteiger partial charge in [-0.1, -0.05) is 24.3 Å². The van der Waals surface area contributed by atoms with Gasteiger partial charge in [0.25, 0.3) is 0 Å². The van der Waals surface area contributed by atoms with Gasteiger partial charge in [0.2, 0.25) is 0 Å². The van der Waals surface area contributed by atoms with Crippen LogP contribution < -0.4 is 0 Å². The number of benzene rings is 1. The van der Waals surface area contributed by atoms with Gasteiger partial charge < -0.3 is 0 Å². The van der Waals surface area contributed by atoms with Crippen LogP contribution in [0.5, 0.6) is 0 Å². The van der Waals surface area contributed by atoms with Crippen molar-refractivity contribution in [3.63, 3.8) is 0 Å². The number of rotatable bonds is 2. The normalized spacial score (nSPS) is 11.0. The lowest BCUT2D eigenvalue weighted by molar-refractivity contribution is 0.618. The van der Waals surface area contributed by atoms with Crippen LogP contribution in [0.15, 0.2) is 41.1 Å². The molecule has 2 rings (SSSR count). The van der Waals surface area contributed by atoms with Gasteiger partial charge in [-0.05, 0) is 39.7 Å². The fourth-order valence-corrected chi connectivity index (χ4v) is 1.66. The minimum Gasteiger partial charge on any atom is -0.246 e. The second-order valence-corrected chi connectivity index (χ2v) is 4.23. The number of hydrogen-bond donors (Lipinski definition) is 0. The van der Waals surface area contributed by atoms with Crippen molar-refractivity contribution >= 4 is 28.1 Å². The minimum absolute atomic E-state index is 0.292. The van der Waals surface area contributed by atoms with Gasteiger partial charge >= 0.3 is 0 Å². The van der Waals surface area contributed by atoms with Crippen LogP contribution in [0.25, 0.3) is 12.2 Å². The Morgan fingerprint density at radius 2 is 1.76 bits per heavy atom. The van der Waals surface area contributed by atoms with Gasteiger partial charge in [-0.3, -0.25) is 0 Å². The maximum absolute atomic E-state index is 13.3. The van der Waals surface area contributed by atoms with Crippen LogP contribution in [-0.4, -0.2) is 4.98 Å². The first-order valence-electron chi connectivity index (χ1n) is 4.90. The van der Waals surface area contributed by atoms with E-state index in [-0.39, 0.29) is 5.82 Å². The monoisotopic (exact) mass is 295 g/mol. The van der Waals surface area contributed by atoms with Gasteiger partial charge in [-0.2, -0.15) is 0 Å². The highest BCUT2D eigenvalue weighted by Gasteiger charge is 1.99. The summed E-state index contributed by atoms with van der Waals surface area (Å²) in [5, 5.41) is 0. The number of aromatic nitrogens is 1. The number of hydrogen-bond acceptors (Lipinski definition) is 1. The Morgan fingerprint density at radius 3 is 2.47 bits per heavy atom. The van der Waals surface area contributed by atoms with Crippen molar-refractivity contribution in [2.75, 3.05) is 0 Å². The molecular formula is C13H8BrF2N. The summed E-state index contributed by atoms with van der Waals surface area (Å²) in [6, 6.07) is 7.55. The number of pyridine rings is 1. The van der Waals surface area contributed by atoms with E-state index < -0.39 is 5.82 Å². The highest BCUT2D eigenvalue weighted by molar-refractivity contribution is 9.10. The third-order valence-corrected chi connectivity index (χ3v) is 2.61. The largest absolute Gasteiger partial charge is 0.246 e. The van der Waals surface area contributed by atoms with E-state index in [0.717, 1.165) is 11.8 Å². The fraction of sp³-hybridized carbons (Fsp3) is 0. The molecule has 1 aromatic carbocycles. The zero-order valence-corrected chi connectivity index (χ0v) is 10.3. The zero-order valence-electron chi connectivity index (χ0n) is 8.70. The van der Waals surface area contributed by atoms with Crippen molar-refractivity contribution in [2.45, 2.75) is 0 Å². The second-order valence-electron chi connectivity index (χ2n) is 3.41. The van der Waals surface area contributed by atoms with Crippen molar-refractivity contribution in [2.24, 2.45) is 0 Å². The van der Waals surface area contributed by atoms with E-state index in [1.165, 1.54) is 12.1 Å². The summed E-state index contributed by atoms with van der Waals surface area (Å²) < 4.78 is 26.6. The van der Waals surface area contributed by atoms with Crippen LogP contribution in [0.3, 0.4) is 0 Å². The lowest BCUT2D eigenvalue weighted by Gasteiger charge is -1.97. The molecule has 86 valence electrons. The van der Waals surface area contributed by atoms with Crippen molar-refractivity contribution in [1.82, 2.24) is 4.98 Å². The van der Waals surface area contributed by atoms with E-state index >= 15 is 0 Å². The average molecular weight is 296 g/mol. The summed E-state index contributed by atoms with van der Waals surface area (Å²) in [6.07, 6.45) is 4.48. The van der Waals surface area contributed by atoms with Crippen LogP contribution in [0, 0.1) is 11.6 Å². The summed E-state index contributed by atoms with van der Waals surface area (Å²) in [6.45, 7) is 0. The third kappa shape index (κ3) is 3.20. The molecule has 0 radical (unpaired) electrons. The van der Waals surface area contributed by atoms with Crippen molar-refractivity contribution in [3.05, 3.63) is 63.9 Å². The van der Waals surface area contributed by atoms with Gasteiger partial charge in [-0.25, -0.2) is 13.8 Å². The van der Waals surface area contributed by atoms with E-state index in [1.807, 2.05) is 0 Å². The minimum atomic E-state index is -0.397. The standard InChI is InChI=1S/C13H8BrF2N/c14-13-7-10(12(16)8-17-13)4-1-9-2-5-11(15)6-3-9/h1-8H. The molecule has 0 aliphatic heterocycles. The van der Waals surface area contributed by atoms with Crippen LogP contribution in [-0.2, 0) is 0 Å². The van der Waals surface area contributed by atoms with Gasteiger partial charge in [0.1, 0.15) is 16.2 Å². The first-order chi connectivity index (χ1) is 8.15. The molecule has 1 heterocycles. The molecule has 2 aromatic rings. The lowest BCUT2D eigenvalue weighted by atomic mass is 10.1. The predicted octanol–water partition coefficient (Wildman–Crippen LogP) is 4.29. The molecule has 0 N–H and O–H groups in total. The van der Waals surface area contributed by atoms with Gasteiger partial charge in [-0.15, -0.1) is 0 Å². The topological polar surface area (TPSA) is 12.9 Å². The Hall–Kier alpha value is -1.55. The molecule has 0 spiro atoms. The molecule has 1 aromatic heterocycles. The van der Waals surface area contributed by atoms with Gasteiger partial charge in [0.05, 0.1) is 6.20 Å². The highest BCUT2D eigenvalue weighted by Crippen LogP contribution is 2.15. The smallest absolute Gasteiger partial charge is 0.148 e. The molecule has 17 heavy (non-hydrogen) atoms. The van der Waals surface area contributed by atoms with E-state index in [1.54, 1.807) is 30.4 Å². The van der Waals surface area contributed by atoms with Crippen molar-refractivity contribution < 1.29 is 8.78 Å². The molecule has 0 bridgehead atoms. The molecule has 0 saturated heterocycles. The molecular weight excluding hydrogens is 288 g/mol. The van der Waals surface area contributed by atoms with Crippen LogP contribution in [0.2, 0.25) is 0 Å². The Bertz CT molecular complexity index is 550. The molecule has 0 unspecified atom stereocenters. The lowest BCUT2D eigenvalue weighted by Crippen LogP contribution is -1.85.